The fourth-order valence-corrected chi connectivity index (χ4v) is 3.97. The van der Waals surface area contributed by atoms with Crippen molar-refractivity contribution in [1.29, 1.82) is 0 Å². The second-order valence-corrected chi connectivity index (χ2v) is 7.39. The third-order valence-electron chi connectivity index (χ3n) is 5.77. The Bertz CT molecular complexity index is 761. The number of amides is 1. The van der Waals surface area contributed by atoms with Gasteiger partial charge in [0.1, 0.15) is 5.82 Å². The van der Waals surface area contributed by atoms with Crippen molar-refractivity contribution in [3.05, 3.63) is 42.1 Å². The van der Waals surface area contributed by atoms with Gasteiger partial charge in [-0.15, -0.1) is 0 Å². The molecule has 1 aliphatic carbocycles. The Labute approximate surface area is 154 Å². The van der Waals surface area contributed by atoms with Gasteiger partial charge in [0, 0.05) is 55.8 Å². The van der Waals surface area contributed by atoms with Crippen LogP contribution in [0.2, 0.25) is 0 Å². The van der Waals surface area contributed by atoms with Gasteiger partial charge < -0.3 is 14.2 Å². The standard InChI is InChI=1S/C20H26N4O2/c1-26-18-13-17(5-8-21-18)20(25)23-10-6-16(7-11-23)19-22-9-12-24(19)14-15-3-2-4-15/h5,8-9,12-13,15-16H,2-4,6-7,10-11,14H2,1H3. The molecule has 1 aliphatic heterocycles. The fourth-order valence-electron chi connectivity index (χ4n) is 3.97. The van der Waals surface area contributed by atoms with Crippen LogP contribution in [-0.4, -0.2) is 45.5 Å². The van der Waals surface area contributed by atoms with Gasteiger partial charge in [-0.05, 0) is 37.7 Å². The number of likely N-dealkylation sites (tertiary alicyclic amines) is 1. The average molecular weight is 354 g/mol. The highest BCUT2D eigenvalue weighted by Gasteiger charge is 2.28. The van der Waals surface area contributed by atoms with Gasteiger partial charge in [-0.1, -0.05) is 6.42 Å². The number of piperidine rings is 1. The van der Waals surface area contributed by atoms with Crippen molar-refractivity contribution in [2.45, 2.75) is 44.6 Å². The average Bonchev–Trinajstić information content (AvgIpc) is 3.12. The molecule has 2 fully saturated rings. The maximum atomic E-state index is 12.7. The minimum atomic E-state index is 0.0574. The number of imidazole rings is 1. The molecule has 26 heavy (non-hydrogen) atoms. The first-order chi connectivity index (χ1) is 12.7. The monoisotopic (exact) mass is 354 g/mol. The zero-order valence-corrected chi connectivity index (χ0v) is 15.3. The molecule has 0 N–H and O–H groups in total. The van der Waals surface area contributed by atoms with Crippen LogP contribution in [0.3, 0.4) is 0 Å². The molecule has 3 heterocycles. The molecule has 0 radical (unpaired) electrons. The van der Waals surface area contributed by atoms with Crippen molar-refractivity contribution in [3.63, 3.8) is 0 Å². The van der Waals surface area contributed by atoms with Crippen molar-refractivity contribution < 1.29 is 9.53 Å². The van der Waals surface area contributed by atoms with Crippen molar-refractivity contribution in [2.75, 3.05) is 20.2 Å². The van der Waals surface area contributed by atoms with Gasteiger partial charge in [0.25, 0.3) is 5.91 Å². The maximum Gasteiger partial charge on any atom is 0.254 e. The number of ether oxygens (including phenoxy) is 1. The van der Waals surface area contributed by atoms with E-state index in [4.69, 9.17) is 4.74 Å². The molecular formula is C20H26N4O2. The second-order valence-electron chi connectivity index (χ2n) is 7.39. The van der Waals surface area contributed by atoms with Gasteiger partial charge in [-0.3, -0.25) is 4.79 Å². The van der Waals surface area contributed by atoms with Crippen LogP contribution in [0.4, 0.5) is 0 Å². The molecule has 2 aliphatic rings. The van der Waals surface area contributed by atoms with Gasteiger partial charge in [-0.25, -0.2) is 9.97 Å². The molecular weight excluding hydrogens is 328 g/mol. The lowest BCUT2D eigenvalue weighted by atomic mass is 9.85. The predicted octanol–water partition coefficient (Wildman–Crippen LogP) is 3.11. The molecule has 6 heteroatoms. The van der Waals surface area contributed by atoms with Crippen LogP contribution < -0.4 is 4.74 Å². The first-order valence-electron chi connectivity index (χ1n) is 9.55. The highest BCUT2D eigenvalue weighted by atomic mass is 16.5. The Kier molecular flexibility index (Phi) is 4.91. The fraction of sp³-hybridized carbons (Fsp3) is 0.550. The predicted molar refractivity (Wildman–Crippen MR) is 98.2 cm³/mol. The summed E-state index contributed by atoms with van der Waals surface area (Å²) in [6.45, 7) is 2.64. The number of methoxy groups -OCH3 is 1. The number of pyridine rings is 1. The van der Waals surface area contributed by atoms with Crippen molar-refractivity contribution in [1.82, 2.24) is 19.4 Å². The maximum absolute atomic E-state index is 12.7. The summed E-state index contributed by atoms with van der Waals surface area (Å²) in [6, 6.07) is 3.46. The van der Waals surface area contributed by atoms with Crippen molar-refractivity contribution >= 4 is 5.91 Å². The highest BCUT2D eigenvalue weighted by molar-refractivity contribution is 5.94. The zero-order valence-electron chi connectivity index (χ0n) is 15.3. The molecule has 6 nitrogen and oxygen atoms in total. The van der Waals surface area contributed by atoms with E-state index in [1.807, 2.05) is 11.1 Å². The molecule has 1 saturated heterocycles. The summed E-state index contributed by atoms with van der Waals surface area (Å²) in [5, 5.41) is 0. The number of nitrogens with zero attached hydrogens (tertiary/aromatic N) is 4. The molecule has 0 atom stereocenters. The van der Waals surface area contributed by atoms with Crippen LogP contribution in [0.5, 0.6) is 5.88 Å². The van der Waals surface area contributed by atoms with E-state index in [0.29, 0.717) is 17.4 Å². The van der Waals surface area contributed by atoms with Crippen LogP contribution >= 0.6 is 0 Å². The van der Waals surface area contributed by atoms with Gasteiger partial charge in [0.05, 0.1) is 7.11 Å². The minimum absolute atomic E-state index is 0.0574. The second kappa shape index (κ2) is 7.48. The Morgan fingerprint density at radius 2 is 2.00 bits per heavy atom. The minimum Gasteiger partial charge on any atom is -0.481 e. The third kappa shape index (κ3) is 3.45. The van der Waals surface area contributed by atoms with Crippen molar-refractivity contribution in [3.8, 4) is 5.88 Å². The SMILES string of the molecule is COc1cc(C(=O)N2CCC(c3nccn3CC3CCC3)CC2)ccn1. The summed E-state index contributed by atoms with van der Waals surface area (Å²) < 4.78 is 7.47. The molecule has 0 bridgehead atoms. The molecule has 2 aromatic rings. The van der Waals surface area contributed by atoms with Crippen LogP contribution in [0.15, 0.2) is 30.7 Å². The Hall–Kier alpha value is -2.37. The van der Waals surface area contributed by atoms with Crippen LogP contribution in [0.25, 0.3) is 0 Å². The van der Waals surface area contributed by atoms with E-state index in [2.05, 4.69) is 20.7 Å². The molecule has 0 spiro atoms. The Balaban J connectivity index is 1.38. The number of hydrogen-bond donors (Lipinski definition) is 0. The Morgan fingerprint density at radius 3 is 2.69 bits per heavy atom. The van der Waals surface area contributed by atoms with E-state index in [9.17, 15) is 4.79 Å². The van der Waals surface area contributed by atoms with Crippen LogP contribution in [0.1, 0.15) is 54.2 Å². The normalized spacial score (nSPS) is 18.6. The molecule has 2 aromatic heterocycles. The summed E-state index contributed by atoms with van der Waals surface area (Å²) >= 11 is 0. The first kappa shape index (κ1) is 17.1. The van der Waals surface area contributed by atoms with E-state index in [-0.39, 0.29) is 5.91 Å². The van der Waals surface area contributed by atoms with E-state index >= 15 is 0 Å². The lowest BCUT2D eigenvalue weighted by molar-refractivity contribution is 0.0709. The van der Waals surface area contributed by atoms with Gasteiger partial charge in [0.15, 0.2) is 0 Å². The van der Waals surface area contributed by atoms with E-state index in [0.717, 1.165) is 38.4 Å². The molecule has 138 valence electrons. The van der Waals surface area contributed by atoms with E-state index in [1.165, 1.54) is 25.1 Å². The number of rotatable bonds is 5. The van der Waals surface area contributed by atoms with Gasteiger partial charge >= 0.3 is 0 Å². The largest absolute Gasteiger partial charge is 0.481 e. The first-order valence-corrected chi connectivity index (χ1v) is 9.55. The number of carbonyl (C=O) groups excluding carboxylic acids is 1. The lowest BCUT2D eigenvalue weighted by Gasteiger charge is -2.33. The zero-order chi connectivity index (χ0) is 17.9. The van der Waals surface area contributed by atoms with Crippen LogP contribution in [0, 0.1) is 5.92 Å². The molecule has 0 unspecified atom stereocenters. The quantitative estimate of drug-likeness (QED) is 0.828. The smallest absolute Gasteiger partial charge is 0.254 e. The van der Waals surface area contributed by atoms with Gasteiger partial charge in [0.2, 0.25) is 5.88 Å². The number of hydrogen-bond acceptors (Lipinski definition) is 4. The molecule has 1 amide bonds. The number of aromatic nitrogens is 3. The van der Waals surface area contributed by atoms with E-state index < -0.39 is 0 Å². The highest BCUT2D eigenvalue weighted by Crippen LogP contribution is 2.32. The molecule has 1 saturated carbocycles. The van der Waals surface area contributed by atoms with Crippen LogP contribution in [-0.2, 0) is 6.54 Å². The molecule has 4 rings (SSSR count). The number of carbonyl (C=O) groups is 1. The summed E-state index contributed by atoms with van der Waals surface area (Å²) in [5.41, 5.74) is 0.641. The topological polar surface area (TPSA) is 60.2 Å². The van der Waals surface area contributed by atoms with Crippen molar-refractivity contribution in [2.24, 2.45) is 5.92 Å². The van der Waals surface area contributed by atoms with Gasteiger partial charge in [-0.2, -0.15) is 0 Å². The lowest BCUT2D eigenvalue weighted by Crippen LogP contribution is -2.38. The van der Waals surface area contributed by atoms with E-state index in [1.54, 1.807) is 25.4 Å². The Morgan fingerprint density at radius 1 is 1.19 bits per heavy atom. The third-order valence-corrected chi connectivity index (χ3v) is 5.77. The summed E-state index contributed by atoms with van der Waals surface area (Å²) in [4.78, 5) is 23.4. The summed E-state index contributed by atoms with van der Waals surface area (Å²) in [6.07, 6.45) is 11.7. The summed E-state index contributed by atoms with van der Waals surface area (Å²) in [7, 11) is 1.56. The molecule has 0 aromatic carbocycles. The summed E-state index contributed by atoms with van der Waals surface area (Å²) in [5.74, 6) is 3.01.